The topological polar surface area (TPSA) is 21.3 Å². The Kier molecular flexibility index (Phi) is 5.48. The van der Waals surface area contributed by atoms with Crippen molar-refractivity contribution in [1.29, 1.82) is 0 Å². The highest BCUT2D eigenvalue weighted by atomic mass is 35.5. The van der Waals surface area contributed by atoms with Crippen LogP contribution in [-0.4, -0.2) is 18.2 Å². The molecule has 3 heteroatoms. The van der Waals surface area contributed by atoms with Gasteiger partial charge in [0.2, 0.25) is 0 Å². The zero-order chi connectivity index (χ0) is 14.6. The van der Waals surface area contributed by atoms with E-state index in [0.29, 0.717) is 12.1 Å². The molecule has 1 N–H and O–H groups in total. The second-order valence-corrected chi connectivity index (χ2v) is 6.30. The quantitative estimate of drug-likeness (QED) is 0.848. The number of nitrogens with one attached hydrogen (secondary N) is 1. The van der Waals surface area contributed by atoms with E-state index >= 15 is 0 Å². The minimum Gasteiger partial charge on any atom is -0.375 e. The lowest BCUT2D eigenvalue weighted by Crippen LogP contribution is -2.47. The van der Waals surface area contributed by atoms with Crippen molar-refractivity contribution >= 4 is 11.6 Å². The summed E-state index contributed by atoms with van der Waals surface area (Å²) in [6, 6.07) is 9.01. The standard InChI is InChI=1S/C17H26ClNO/c1-4-17(5-2)12-16(10-11-20-17)19-13(3)14-6-8-15(18)9-7-14/h6-9,13,16,19H,4-5,10-12H2,1-3H3. The average molecular weight is 296 g/mol. The Labute approximate surface area is 127 Å². The lowest BCUT2D eigenvalue weighted by molar-refractivity contribution is -0.0939. The van der Waals surface area contributed by atoms with Crippen LogP contribution in [0.3, 0.4) is 0 Å². The molecule has 0 saturated carbocycles. The van der Waals surface area contributed by atoms with E-state index in [1.165, 1.54) is 5.56 Å². The maximum atomic E-state index is 6.04. The molecule has 1 aliphatic heterocycles. The summed E-state index contributed by atoms with van der Waals surface area (Å²) < 4.78 is 6.04. The van der Waals surface area contributed by atoms with Gasteiger partial charge in [0, 0.05) is 23.7 Å². The van der Waals surface area contributed by atoms with Crippen molar-refractivity contribution in [1.82, 2.24) is 5.32 Å². The van der Waals surface area contributed by atoms with Crippen LogP contribution in [0.4, 0.5) is 0 Å². The molecule has 1 aromatic rings. The van der Waals surface area contributed by atoms with Crippen LogP contribution >= 0.6 is 11.6 Å². The number of hydrogen-bond acceptors (Lipinski definition) is 2. The summed E-state index contributed by atoms with van der Waals surface area (Å²) in [5.74, 6) is 0. The van der Waals surface area contributed by atoms with Gasteiger partial charge in [0.15, 0.2) is 0 Å². The summed E-state index contributed by atoms with van der Waals surface area (Å²) in [5, 5.41) is 4.55. The Morgan fingerprint density at radius 1 is 1.30 bits per heavy atom. The fourth-order valence-corrected chi connectivity index (χ4v) is 3.24. The highest BCUT2D eigenvalue weighted by molar-refractivity contribution is 6.30. The first-order valence-electron chi connectivity index (χ1n) is 7.74. The second-order valence-electron chi connectivity index (χ2n) is 5.87. The average Bonchev–Trinajstić information content (AvgIpc) is 2.48. The van der Waals surface area contributed by atoms with Gasteiger partial charge in [0.1, 0.15) is 0 Å². The third-order valence-electron chi connectivity index (χ3n) is 4.64. The Morgan fingerprint density at radius 3 is 2.55 bits per heavy atom. The molecule has 0 spiro atoms. The van der Waals surface area contributed by atoms with Gasteiger partial charge < -0.3 is 10.1 Å². The molecular weight excluding hydrogens is 270 g/mol. The molecule has 1 saturated heterocycles. The van der Waals surface area contributed by atoms with E-state index in [0.717, 1.165) is 37.3 Å². The van der Waals surface area contributed by atoms with Crippen molar-refractivity contribution in [2.45, 2.75) is 64.1 Å². The van der Waals surface area contributed by atoms with Crippen LogP contribution in [0.2, 0.25) is 5.02 Å². The Balaban J connectivity index is 1.97. The number of ether oxygens (including phenoxy) is 1. The fourth-order valence-electron chi connectivity index (χ4n) is 3.11. The second kappa shape index (κ2) is 6.93. The fraction of sp³-hybridized carbons (Fsp3) is 0.647. The largest absolute Gasteiger partial charge is 0.375 e. The highest BCUT2D eigenvalue weighted by Gasteiger charge is 2.34. The summed E-state index contributed by atoms with van der Waals surface area (Å²) in [5.41, 5.74) is 1.37. The van der Waals surface area contributed by atoms with Crippen molar-refractivity contribution in [3.05, 3.63) is 34.9 Å². The van der Waals surface area contributed by atoms with Crippen LogP contribution in [0.5, 0.6) is 0 Å². The lowest BCUT2D eigenvalue weighted by atomic mass is 9.85. The van der Waals surface area contributed by atoms with Crippen LogP contribution in [0.1, 0.15) is 58.1 Å². The summed E-state index contributed by atoms with van der Waals surface area (Å²) >= 11 is 5.95. The van der Waals surface area contributed by atoms with Gasteiger partial charge >= 0.3 is 0 Å². The van der Waals surface area contributed by atoms with Crippen molar-refractivity contribution in [3.63, 3.8) is 0 Å². The van der Waals surface area contributed by atoms with Crippen molar-refractivity contribution in [2.24, 2.45) is 0 Å². The lowest BCUT2D eigenvalue weighted by Gasteiger charge is -2.41. The smallest absolute Gasteiger partial charge is 0.0692 e. The SMILES string of the molecule is CCC1(CC)CC(NC(C)c2ccc(Cl)cc2)CCO1. The summed E-state index contributed by atoms with van der Waals surface area (Å²) in [7, 11) is 0. The van der Waals surface area contributed by atoms with Crippen LogP contribution in [0.15, 0.2) is 24.3 Å². The van der Waals surface area contributed by atoms with Crippen molar-refractivity contribution in [2.75, 3.05) is 6.61 Å². The molecular formula is C17H26ClNO. The van der Waals surface area contributed by atoms with Gasteiger partial charge in [0.25, 0.3) is 0 Å². The number of halogens is 1. The molecule has 1 aromatic carbocycles. The Hall–Kier alpha value is -0.570. The Bertz CT molecular complexity index is 414. The zero-order valence-corrected chi connectivity index (χ0v) is 13.5. The molecule has 2 nitrogen and oxygen atoms in total. The molecule has 20 heavy (non-hydrogen) atoms. The summed E-state index contributed by atoms with van der Waals surface area (Å²) in [6.45, 7) is 7.55. The van der Waals surface area contributed by atoms with Gasteiger partial charge in [-0.05, 0) is 50.3 Å². The first-order valence-corrected chi connectivity index (χ1v) is 8.12. The van der Waals surface area contributed by atoms with Gasteiger partial charge in [-0.3, -0.25) is 0 Å². The predicted molar refractivity (Wildman–Crippen MR) is 85.3 cm³/mol. The number of hydrogen-bond donors (Lipinski definition) is 1. The number of benzene rings is 1. The van der Waals surface area contributed by atoms with E-state index in [-0.39, 0.29) is 5.60 Å². The van der Waals surface area contributed by atoms with Gasteiger partial charge in [-0.25, -0.2) is 0 Å². The van der Waals surface area contributed by atoms with E-state index in [9.17, 15) is 0 Å². The van der Waals surface area contributed by atoms with Crippen LogP contribution < -0.4 is 5.32 Å². The van der Waals surface area contributed by atoms with E-state index in [1.54, 1.807) is 0 Å². The van der Waals surface area contributed by atoms with Crippen LogP contribution in [-0.2, 0) is 4.74 Å². The number of rotatable bonds is 5. The van der Waals surface area contributed by atoms with E-state index < -0.39 is 0 Å². The molecule has 2 rings (SSSR count). The van der Waals surface area contributed by atoms with E-state index in [2.05, 4.69) is 38.2 Å². The molecule has 1 aliphatic rings. The molecule has 1 fully saturated rings. The first kappa shape index (κ1) is 15.8. The molecule has 1 heterocycles. The summed E-state index contributed by atoms with van der Waals surface area (Å²) in [4.78, 5) is 0. The molecule has 112 valence electrons. The zero-order valence-electron chi connectivity index (χ0n) is 12.8. The summed E-state index contributed by atoms with van der Waals surface area (Å²) in [6.07, 6.45) is 4.39. The molecule has 0 bridgehead atoms. The third-order valence-corrected chi connectivity index (χ3v) is 4.89. The van der Waals surface area contributed by atoms with E-state index in [1.807, 2.05) is 12.1 Å². The van der Waals surface area contributed by atoms with Crippen molar-refractivity contribution < 1.29 is 4.74 Å². The Morgan fingerprint density at radius 2 is 1.95 bits per heavy atom. The molecule has 0 aromatic heterocycles. The molecule has 2 atom stereocenters. The minimum absolute atomic E-state index is 0.0790. The monoisotopic (exact) mass is 295 g/mol. The molecule has 0 radical (unpaired) electrons. The van der Waals surface area contributed by atoms with E-state index in [4.69, 9.17) is 16.3 Å². The van der Waals surface area contributed by atoms with Gasteiger partial charge in [-0.2, -0.15) is 0 Å². The van der Waals surface area contributed by atoms with Crippen LogP contribution in [0, 0.1) is 0 Å². The van der Waals surface area contributed by atoms with Crippen molar-refractivity contribution in [3.8, 4) is 0 Å². The highest BCUT2D eigenvalue weighted by Crippen LogP contribution is 2.32. The third kappa shape index (κ3) is 3.75. The van der Waals surface area contributed by atoms with Gasteiger partial charge in [0.05, 0.1) is 5.60 Å². The maximum absolute atomic E-state index is 6.04. The molecule has 2 unspecified atom stereocenters. The van der Waals surface area contributed by atoms with Gasteiger partial charge in [-0.1, -0.05) is 37.6 Å². The minimum atomic E-state index is 0.0790. The van der Waals surface area contributed by atoms with Crippen LogP contribution in [0.25, 0.3) is 0 Å². The molecule has 0 amide bonds. The normalized spacial score (nSPS) is 23.5. The first-order chi connectivity index (χ1) is 9.58. The molecule has 0 aliphatic carbocycles. The maximum Gasteiger partial charge on any atom is 0.0692 e. The van der Waals surface area contributed by atoms with Gasteiger partial charge in [-0.15, -0.1) is 0 Å². The predicted octanol–water partition coefficient (Wildman–Crippen LogP) is 4.73.